The van der Waals surface area contributed by atoms with Gasteiger partial charge in [0.1, 0.15) is 5.82 Å². The van der Waals surface area contributed by atoms with E-state index in [0.717, 1.165) is 54.0 Å². The number of aromatic nitrogens is 4. The predicted octanol–water partition coefficient (Wildman–Crippen LogP) is 3.38. The van der Waals surface area contributed by atoms with Crippen molar-refractivity contribution in [1.82, 2.24) is 19.9 Å². The number of ether oxygens (including phenoxy) is 1. The molecule has 8 heteroatoms. The second-order valence-electron chi connectivity index (χ2n) is 7.65. The highest BCUT2D eigenvalue weighted by molar-refractivity contribution is 5.95. The Bertz CT molecular complexity index is 1260. The number of hydrogen-bond donors (Lipinski definition) is 2. The SMILES string of the molecule is N#Cc1cc(-c2cc(NCCc3cccnc3)nc(N3CCOCC3)n2)c2cc[nH]c2c1. The third kappa shape index (κ3) is 4.24. The van der Waals surface area contributed by atoms with E-state index in [1.165, 1.54) is 5.56 Å². The van der Waals surface area contributed by atoms with Crippen LogP contribution in [-0.4, -0.2) is 52.8 Å². The molecule has 0 spiro atoms. The maximum Gasteiger partial charge on any atom is 0.228 e. The molecular formula is C24H23N7O. The second-order valence-corrected chi connectivity index (χ2v) is 7.65. The number of nitrogens with one attached hydrogen (secondary N) is 2. The van der Waals surface area contributed by atoms with Gasteiger partial charge in [0.15, 0.2) is 0 Å². The molecule has 160 valence electrons. The fraction of sp³-hybridized carbons (Fsp3) is 0.250. The molecule has 0 amide bonds. The maximum absolute atomic E-state index is 9.51. The van der Waals surface area contributed by atoms with Crippen LogP contribution in [0.2, 0.25) is 0 Å². The van der Waals surface area contributed by atoms with Gasteiger partial charge in [0.25, 0.3) is 0 Å². The number of rotatable bonds is 6. The first kappa shape index (κ1) is 20.0. The van der Waals surface area contributed by atoms with Crippen LogP contribution in [0.1, 0.15) is 11.1 Å². The van der Waals surface area contributed by atoms with E-state index < -0.39 is 0 Å². The van der Waals surface area contributed by atoms with Crippen LogP contribution >= 0.6 is 0 Å². The van der Waals surface area contributed by atoms with Crippen LogP contribution in [-0.2, 0) is 11.2 Å². The lowest BCUT2D eigenvalue weighted by molar-refractivity contribution is 0.122. The van der Waals surface area contributed by atoms with Gasteiger partial charge in [-0.15, -0.1) is 0 Å². The van der Waals surface area contributed by atoms with Gasteiger partial charge in [-0.3, -0.25) is 4.98 Å². The number of H-pyrrole nitrogens is 1. The Hall–Kier alpha value is -3.96. The fourth-order valence-electron chi connectivity index (χ4n) is 3.89. The average molecular weight is 425 g/mol. The summed E-state index contributed by atoms with van der Waals surface area (Å²) in [5.74, 6) is 1.42. The Morgan fingerprint density at radius 3 is 2.88 bits per heavy atom. The summed E-state index contributed by atoms with van der Waals surface area (Å²) in [4.78, 5) is 19.2. The number of nitrogens with zero attached hydrogens (tertiary/aromatic N) is 5. The molecule has 0 bridgehead atoms. The molecule has 0 aliphatic carbocycles. The Morgan fingerprint density at radius 2 is 2.06 bits per heavy atom. The molecule has 4 aromatic rings. The van der Waals surface area contributed by atoms with Crippen molar-refractivity contribution in [3.8, 4) is 17.3 Å². The third-order valence-electron chi connectivity index (χ3n) is 5.52. The quantitative estimate of drug-likeness (QED) is 0.488. The summed E-state index contributed by atoms with van der Waals surface area (Å²) < 4.78 is 5.50. The minimum absolute atomic E-state index is 0.590. The van der Waals surface area contributed by atoms with Crippen molar-refractivity contribution in [3.63, 3.8) is 0 Å². The number of nitriles is 1. The molecule has 3 aromatic heterocycles. The van der Waals surface area contributed by atoms with Crippen molar-refractivity contribution in [2.24, 2.45) is 0 Å². The minimum Gasteiger partial charge on any atom is -0.378 e. The second kappa shape index (κ2) is 9.04. The van der Waals surface area contributed by atoms with E-state index in [1.54, 1.807) is 6.20 Å². The van der Waals surface area contributed by atoms with Gasteiger partial charge in [0.2, 0.25) is 5.95 Å². The van der Waals surface area contributed by atoms with Crippen LogP contribution < -0.4 is 10.2 Å². The van der Waals surface area contributed by atoms with E-state index >= 15 is 0 Å². The lowest BCUT2D eigenvalue weighted by Crippen LogP contribution is -2.37. The summed E-state index contributed by atoms with van der Waals surface area (Å²) in [5, 5.41) is 14.0. The van der Waals surface area contributed by atoms with Crippen LogP contribution in [0.15, 0.2) is 55.0 Å². The highest BCUT2D eigenvalue weighted by Gasteiger charge is 2.18. The number of benzene rings is 1. The average Bonchev–Trinajstić information content (AvgIpc) is 3.33. The molecule has 1 aromatic carbocycles. The predicted molar refractivity (Wildman–Crippen MR) is 124 cm³/mol. The third-order valence-corrected chi connectivity index (χ3v) is 5.52. The van der Waals surface area contributed by atoms with E-state index in [0.29, 0.717) is 24.7 Å². The van der Waals surface area contributed by atoms with Crippen LogP contribution in [0.3, 0.4) is 0 Å². The molecule has 2 N–H and O–H groups in total. The summed E-state index contributed by atoms with van der Waals surface area (Å²) in [7, 11) is 0. The van der Waals surface area contributed by atoms with E-state index in [-0.39, 0.29) is 0 Å². The minimum atomic E-state index is 0.590. The molecule has 5 rings (SSSR count). The maximum atomic E-state index is 9.51. The number of pyridine rings is 1. The van der Waals surface area contributed by atoms with Crippen molar-refractivity contribution in [1.29, 1.82) is 5.26 Å². The zero-order valence-electron chi connectivity index (χ0n) is 17.6. The zero-order valence-corrected chi connectivity index (χ0v) is 17.6. The topological polar surface area (TPSA) is 103 Å². The summed E-state index contributed by atoms with van der Waals surface area (Å²) >= 11 is 0. The Morgan fingerprint density at radius 1 is 1.16 bits per heavy atom. The molecule has 4 heterocycles. The number of anilines is 2. The van der Waals surface area contributed by atoms with E-state index in [1.807, 2.05) is 42.7 Å². The smallest absolute Gasteiger partial charge is 0.228 e. The Kier molecular flexibility index (Phi) is 5.64. The van der Waals surface area contributed by atoms with E-state index in [2.05, 4.69) is 32.3 Å². The fourth-order valence-corrected chi connectivity index (χ4v) is 3.89. The van der Waals surface area contributed by atoms with Gasteiger partial charge in [-0.25, -0.2) is 4.98 Å². The lowest BCUT2D eigenvalue weighted by Gasteiger charge is -2.27. The summed E-state index contributed by atoms with van der Waals surface area (Å²) in [6.45, 7) is 3.53. The van der Waals surface area contributed by atoms with Crippen molar-refractivity contribution < 1.29 is 4.74 Å². The molecule has 1 saturated heterocycles. The van der Waals surface area contributed by atoms with Gasteiger partial charge >= 0.3 is 0 Å². The van der Waals surface area contributed by atoms with Crippen molar-refractivity contribution in [2.75, 3.05) is 43.1 Å². The van der Waals surface area contributed by atoms with Crippen LogP contribution in [0, 0.1) is 11.3 Å². The van der Waals surface area contributed by atoms with Crippen LogP contribution in [0.25, 0.3) is 22.2 Å². The first-order valence-corrected chi connectivity index (χ1v) is 10.7. The molecule has 0 atom stereocenters. The van der Waals surface area contributed by atoms with Crippen molar-refractivity contribution >= 4 is 22.7 Å². The Balaban J connectivity index is 1.51. The first-order chi connectivity index (χ1) is 15.8. The number of morpholine rings is 1. The number of hydrogen-bond acceptors (Lipinski definition) is 7. The van der Waals surface area contributed by atoms with Gasteiger partial charge in [0, 0.05) is 60.8 Å². The van der Waals surface area contributed by atoms with E-state index in [9.17, 15) is 5.26 Å². The molecule has 0 saturated carbocycles. The Labute approximate surface area is 185 Å². The summed E-state index contributed by atoms with van der Waals surface area (Å²) in [6.07, 6.45) is 6.38. The standard InChI is InChI=1S/C24H23N7O/c25-15-18-12-20(19-4-7-27-21(19)13-18)22-14-23(28-6-3-17-2-1-5-26-16-17)30-24(29-22)31-8-10-32-11-9-31/h1-2,4-5,7,12-14,16,27H,3,6,8-11H2,(H,28,29,30). The normalized spacial score (nSPS) is 13.8. The lowest BCUT2D eigenvalue weighted by atomic mass is 10.0. The van der Waals surface area contributed by atoms with Gasteiger partial charge in [-0.2, -0.15) is 10.2 Å². The molecule has 32 heavy (non-hydrogen) atoms. The zero-order chi connectivity index (χ0) is 21.8. The van der Waals surface area contributed by atoms with Gasteiger partial charge < -0.3 is 19.9 Å². The van der Waals surface area contributed by atoms with E-state index in [4.69, 9.17) is 14.7 Å². The molecule has 0 radical (unpaired) electrons. The summed E-state index contributed by atoms with van der Waals surface area (Å²) in [6, 6.07) is 14.0. The van der Waals surface area contributed by atoms with Crippen LogP contribution in [0.5, 0.6) is 0 Å². The molecule has 0 unspecified atom stereocenters. The monoisotopic (exact) mass is 425 g/mol. The van der Waals surface area contributed by atoms with Crippen molar-refractivity contribution in [3.05, 3.63) is 66.1 Å². The van der Waals surface area contributed by atoms with Gasteiger partial charge in [-0.1, -0.05) is 6.07 Å². The highest BCUT2D eigenvalue weighted by atomic mass is 16.5. The van der Waals surface area contributed by atoms with Gasteiger partial charge in [0.05, 0.1) is 30.5 Å². The molecule has 1 aliphatic heterocycles. The molecule has 1 fully saturated rings. The summed E-state index contributed by atoms with van der Waals surface area (Å²) in [5.41, 5.74) is 4.36. The molecule has 8 nitrogen and oxygen atoms in total. The molecule has 1 aliphatic rings. The van der Waals surface area contributed by atoms with Gasteiger partial charge in [-0.05, 0) is 36.2 Å². The van der Waals surface area contributed by atoms with Crippen LogP contribution in [0.4, 0.5) is 11.8 Å². The highest BCUT2D eigenvalue weighted by Crippen LogP contribution is 2.31. The largest absolute Gasteiger partial charge is 0.378 e. The van der Waals surface area contributed by atoms with Crippen molar-refractivity contribution in [2.45, 2.75) is 6.42 Å². The molecular weight excluding hydrogens is 402 g/mol. The number of fused-ring (bicyclic) bond motifs is 1. The number of aromatic amines is 1. The first-order valence-electron chi connectivity index (χ1n) is 10.7.